The minimum absolute atomic E-state index is 0.401. The van der Waals surface area contributed by atoms with E-state index in [-0.39, 0.29) is 0 Å². The smallest absolute Gasteiger partial charge is 0.339 e. The van der Waals surface area contributed by atoms with Gasteiger partial charge in [-0.25, -0.2) is 10.2 Å². The number of nitrogens with zero attached hydrogens (tertiary/aromatic N) is 3. The molecular formula is C20H20BrN5O. The van der Waals surface area contributed by atoms with Crippen molar-refractivity contribution in [2.24, 2.45) is 5.10 Å². The van der Waals surface area contributed by atoms with Crippen LogP contribution in [0.25, 0.3) is 5.69 Å². The van der Waals surface area contributed by atoms with Crippen LogP contribution >= 0.6 is 15.9 Å². The van der Waals surface area contributed by atoms with E-state index in [1.54, 1.807) is 18.3 Å². The Kier molecular flexibility index (Phi) is 5.93. The first-order valence-corrected chi connectivity index (χ1v) is 9.13. The van der Waals surface area contributed by atoms with Gasteiger partial charge in [0.05, 0.1) is 11.9 Å². The lowest BCUT2D eigenvalue weighted by molar-refractivity contribution is 0.252. The van der Waals surface area contributed by atoms with E-state index in [0.29, 0.717) is 5.69 Å². The van der Waals surface area contributed by atoms with E-state index in [1.807, 2.05) is 61.3 Å². The summed E-state index contributed by atoms with van der Waals surface area (Å²) in [4.78, 5) is 14.0. The van der Waals surface area contributed by atoms with Crippen LogP contribution in [0.15, 0.2) is 76.4 Å². The van der Waals surface area contributed by atoms with E-state index in [1.165, 1.54) is 0 Å². The summed E-state index contributed by atoms with van der Waals surface area (Å²) in [6.07, 6.45) is 3.56. The molecule has 0 saturated heterocycles. The number of carbonyl (C=O) groups excluding carboxylic acids is 1. The van der Waals surface area contributed by atoms with Crippen molar-refractivity contribution in [3.05, 3.63) is 77.0 Å². The monoisotopic (exact) mass is 425 g/mol. The number of urea groups is 1. The molecule has 3 aromatic rings. The van der Waals surface area contributed by atoms with Gasteiger partial charge in [0.2, 0.25) is 0 Å². The van der Waals surface area contributed by atoms with Crippen LogP contribution in [0.1, 0.15) is 5.69 Å². The molecule has 1 aromatic heterocycles. The molecule has 6 nitrogen and oxygen atoms in total. The fourth-order valence-corrected chi connectivity index (χ4v) is 2.76. The second-order valence-corrected chi connectivity index (χ2v) is 6.96. The van der Waals surface area contributed by atoms with Gasteiger partial charge >= 0.3 is 6.03 Å². The number of carbonyl (C=O) groups is 1. The predicted molar refractivity (Wildman–Crippen MR) is 114 cm³/mol. The summed E-state index contributed by atoms with van der Waals surface area (Å²) in [6, 6.07) is 19.0. The molecule has 138 valence electrons. The van der Waals surface area contributed by atoms with Crippen molar-refractivity contribution in [3.8, 4) is 5.69 Å². The number of halogens is 1. The maximum atomic E-state index is 11.9. The first kappa shape index (κ1) is 18.7. The number of hydrogen-bond acceptors (Lipinski definition) is 3. The normalized spacial score (nSPS) is 10.8. The van der Waals surface area contributed by atoms with Gasteiger partial charge in [-0.05, 0) is 60.7 Å². The van der Waals surface area contributed by atoms with Crippen LogP contribution in [0.2, 0.25) is 0 Å². The summed E-state index contributed by atoms with van der Waals surface area (Å²) in [5, 5.41) is 6.75. The number of anilines is 2. The summed E-state index contributed by atoms with van der Waals surface area (Å²) < 4.78 is 2.95. The lowest BCUT2D eigenvalue weighted by Gasteiger charge is -2.13. The zero-order valence-electron chi connectivity index (χ0n) is 15.1. The van der Waals surface area contributed by atoms with Gasteiger partial charge < -0.3 is 14.8 Å². The van der Waals surface area contributed by atoms with Gasteiger partial charge in [-0.3, -0.25) is 0 Å². The Labute approximate surface area is 166 Å². The van der Waals surface area contributed by atoms with Crippen LogP contribution in [0, 0.1) is 0 Å². The van der Waals surface area contributed by atoms with Crippen molar-refractivity contribution in [1.29, 1.82) is 0 Å². The van der Waals surface area contributed by atoms with Crippen LogP contribution in [-0.4, -0.2) is 30.9 Å². The molecular weight excluding hydrogens is 406 g/mol. The molecule has 1 heterocycles. The molecule has 0 atom stereocenters. The Hall–Kier alpha value is -3.06. The molecule has 0 unspecified atom stereocenters. The van der Waals surface area contributed by atoms with Gasteiger partial charge in [-0.15, -0.1) is 0 Å². The molecule has 0 aliphatic carbocycles. The highest BCUT2D eigenvalue weighted by Crippen LogP contribution is 2.17. The van der Waals surface area contributed by atoms with Gasteiger partial charge in [0.25, 0.3) is 0 Å². The second kappa shape index (κ2) is 8.55. The standard InChI is InChI=1S/C20H20BrN5O/c1-25(2)17-9-11-18(12-10-17)26-13-3-4-19(26)14-22-24-20(27)23-16-7-5-15(21)6-8-16/h3-14H,1-2H3,(H2,23,24,27)/b22-14+. The van der Waals surface area contributed by atoms with Crippen molar-refractivity contribution in [3.63, 3.8) is 0 Å². The number of benzene rings is 2. The van der Waals surface area contributed by atoms with Gasteiger partial charge in [-0.2, -0.15) is 5.10 Å². The van der Waals surface area contributed by atoms with E-state index in [2.05, 4.69) is 48.8 Å². The van der Waals surface area contributed by atoms with Gasteiger partial charge in [-0.1, -0.05) is 15.9 Å². The number of hydrazone groups is 1. The number of hydrogen-bond donors (Lipinski definition) is 2. The van der Waals surface area contributed by atoms with Crippen LogP contribution < -0.4 is 15.6 Å². The maximum Gasteiger partial charge on any atom is 0.339 e. The summed E-state index contributed by atoms with van der Waals surface area (Å²) in [6.45, 7) is 0. The number of rotatable bonds is 5. The topological polar surface area (TPSA) is 61.7 Å². The third kappa shape index (κ3) is 4.98. The summed E-state index contributed by atoms with van der Waals surface area (Å²) >= 11 is 3.36. The van der Waals surface area contributed by atoms with Crippen LogP contribution in [-0.2, 0) is 0 Å². The summed E-state index contributed by atoms with van der Waals surface area (Å²) in [5.74, 6) is 0. The fourth-order valence-electron chi connectivity index (χ4n) is 2.50. The Bertz CT molecular complexity index is 930. The second-order valence-electron chi connectivity index (χ2n) is 6.04. The molecule has 0 radical (unpaired) electrons. The van der Waals surface area contributed by atoms with E-state index in [0.717, 1.165) is 21.5 Å². The third-order valence-corrected chi connectivity index (χ3v) is 4.42. The molecule has 0 spiro atoms. The molecule has 2 aromatic carbocycles. The third-order valence-electron chi connectivity index (χ3n) is 3.89. The molecule has 0 aliphatic rings. The highest BCUT2D eigenvalue weighted by atomic mass is 79.9. The van der Waals surface area contributed by atoms with Gasteiger partial charge in [0.1, 0.15) is 0 Å². The molecule has 27 heavy (non-hydrogen) atoms. The highest BCUT2D eigenvalue weighted by Gasteiger charge is 2.03. The number of nitrogens with one attached hydrogen (secondary N) is 2. The molecule has 0 saturated carbocycles. The molecule has 3 rings (SSSR count). The average Bonchev–Trinajstić information content (AvgIpc) is 3.12. The minimum Gasteiger partial charge on any atom is -0.378 e. The summed E-state index contributed by atoms with van der Waals surface area (Å²) in [7, 11) is 4.02. The Morgan fingerprint density at radius 3 is 2.44 bits per heavy atom. The Balaban J connectivity index is 1.63. The minimum atomic E-state index is -0.401. The number of aromatic nitrogens is 1. The largest absolute Gasteiger partial charge is 0.378 e. The van der Waals surface area contributed by atoms with E-state index < -0.39 is 6.03 Å². The maximum absolute atomic E-state index is 11.9. The van der Waals surface area contributed by atoms with Crippen LogP contribution in [0.5, 0.6) is 0 Å². The molecule has 0 aliphatic heterocycles. The van der Waals surface area contributed by atoms with Crippen molar-refractivity contribution in [1.82, 2.24) is 9.99 Å². The van der Waals surface area contributed by atoms with Crippen molar-refractivity contribution in [2.75, 3.05) is 24.3 Å². The van der Waals surface area contributed by atoms with Crippen LogP contribution in [0.3, 0.4) is 0 Å². The van der Waals surface area contributed by atoms with E-state index in [4.69, 9.17) is 0 Å². The highest BCUT2D eigenvalue weighted by molar-refractivity contribution is 9.10. The Morgan fingerprint density at radius 2 is 1.78 bits per heavy atom. The van der Waals surface area contributed by atoms with Crippen molar-refractivity contribution >= 4 is 39.6 Å². The molecule has 0 bridgehead atoms. The quantitative estimate of drug-likeness (QED) is 0.468. The van der Waals surface area contributed by atoms with Gasteiger partial charge in [0.15, 0.2) is 0 Å². The summed E-state index contributed by atoms with van der Waals surface area (Å²) in [5.41, 5.74) is 6.17. The molecule has 2 amide bonds. The first-order valence-electron chi connectivity index (χ1n) is 8.34. The molecule has 2 N–H and O–H groups in total. The van der Waals surface area contributed by atoms with Crippen LogP contribution in [0.4, 0.5) is 16.2 Å². The lowest BCUT2D eigenvalue weighted by atomic mass is 10.2. The zero-order chi connectivity index (χ0) is 19.2. The molecule has 7 heteroatoms. The first-order chi connectivity index (χ1) is 13.0. The van der Waals surface area contributed by atoms with Crippen molar-refractivity contribution < 1.29 is 4.79 Å². The van der Waals surface area contributed by atoms with E-state index >= 15 is 0 Å². The molecule has 0 fully saturated rings. The van der Waals surface area contributed by atoms with Gasteiger partial charge in [0, 0.05) is 41.8 Å². The SMILES string of the molecule is CN(C)c1ccc(-n2cccc2/C=N/NC(=O)Nc2ccc(Br)cc2)cc1. The lowest BCUT2D eigenvalue weighted by Crippen LogP contribution is -2.24. The van der Waals surface area contributed by atoms with Crippen molar-refractivity contribution in [2.45, 2.75) is 0 Å². The average molecular weight is 426 g/mol. The Morgan fingerprint density at radius 1 is 1.07 bits per heavy atom. The predicted octanol–water partition coefficient (Wildman–Crippen LogP) is 4.46. The zero-order valence-corrected chi connectivity index (χ0v) is 16.6. The van der Waals surface area contributed by atoms with E-state index in [9.17, 15) is 4.79 Å². The number of amides is 2. The fraction of sp³-hybridized carbons (Fsp3) is 0.100.